The number of hydrogen-bond donors (Lipinski definition) is 0. The first-order chi connectivity index (χ1) is 11.2. The van der Waals surface area contributed by atoms with Gasteiger partial charge >= 0.3 is 0 Å². The predicted octanol–water partition coefficient (Wildman–Crippen LogP) is 4.64. The first-order valence-corrected chi connectivity index (χ1v) is 8.26. The SMILES string of the molecule is CC(c1ccn2cc(-c3ccccc3)nc2n1)C1CCC(F)C1. The van der Waals surface area contributed by atoms with E-state index in [2.05, 4.69) is 11.9 Å². The number of fused-ring (bicyclic) bond motifs is 1. The molecule has 0 saturated heterocycles. The van der Waals surface area contributed by atoms with Crippen molar-refractivity contribution in [3.05, 3.63) is 54.5 Å². The Labute approximate surface area is 135 Å². The van der Waals surface area contributed by atoms with Gasteiger partial charge in [-0.1, -0.05) is 37.3 Å². The highest BCUT2D eigenvalue weighted by Crippen LogP contribution is 2.37. The van der Waals surface area contributed by atoms with E-state index in [1.807, 2.05) is 53.2 Å². The van der Waals surface area contributed by atoms with Crippen LogP contribution in [0.4, 0.5) is 4.39 Å². The van der Waals surface area contributed by atoms with E-state index in [0.717, 1.165) is 23.4 Å². The second kappa shape index (κ2) is 5.76. The average Bonchev–Trinajstić information content (AvgIpc) is 3.20. The van der Waals surface area contributed by atoms with Crippen molar-refractivity contribution in [3.8, 4) is 11.3 Å². The second-order valence-electron chi connectivity index (χ2n) is 6.51. The van der Waals surface area contributed by atoms with Crippen LogP contribution in [0.5, 0.6) is 0 Å². The van der Waals surface area contributed by atoms with Crippen LogP contribution in [0.2, 0.25) is 0 Å². The molecule has 4 heteroatoms. The fourth-order valence-electron chi connectivity index (χ4n) is 3.54. The second-order valence-corrected chi connectivity index (χ2v) is 6.51. The lowest BCUT2D eigenvalue weighted by Gasteiger charge is -2.18. The van der Waals surface area contributed by atoms with Crippen LogP contribution in [-0.4, -0.2) is 20.5 Å². The summed E-state index contributed by atoms with van der Waals surface area (Å²) < 4.78 is 15.4. The van der Waals surface area contributed by atoms with E-state index in [9.17, 15) is 4.39 Å². The van der Waals surface area contributed by atoms with Crippen LogP contribution in [0, 0.1) is 5.92 Å². The lowest BCUT2D eigenvalue weighted by atomic mass is 9.90. The summed E-state index contributed by atoms with van der Waals surface area (Å²) >= 11 is 0. The molecule has 1 aromatic carbocycles. The Bertz CT molecular complexity index is 812. The largest absolute Gasteiger partial charge is 0.291 e. The standard InChI is InChI=1S/C19H20FN3/c1-13(15-7-8-16(20)11-15)17-9-10-23-12-18(22-19(23)21-17)14-5-3-2-4-6-14/h2-6,9-10,12-13,15-16H,7-8,11H2,1H3. The summed E-state index contributed by atoms with van der Waals surface area (Å²) in [6.45, 7) is 2.16. The lowest BCUT2D eigenvalue weighted by molar-refractivity contribution is 0.322. The highest BCUT2D eigenvalue weighted by molar-refractivity contribution is 5.61. The zero-order chi connectivity index (χ0) is 15.8. The normalized spacial score (nSPS) is 22.5. The molecule has 118 valence electrons. The number of halogens is 1. The summed E-state index contributed by atoms with van der Waals surface area (Å²) in [5.41, 5.74) is 3.03. The Morgan fingerprint density at radius 1 is 1.13 bits per heavy atom. The van der Waals surface area contributed by atoms with Gasteiger partial charge in [0.05, 0.1) is 5.69 Å². The fraction of sp³-hybridized carbons (Fsp3) is 0.368. The molecular formula is C19H20FN3. The maximum Gasteiger partial charge on any atom is 0.234 e. The van der Waals surface area contributed by atoms with Crippen molar-refractivity contribution in [3.63, 3.8) is 0 Å². The molecule has 0 bridgehead atoms. The Hall–Kier alpha value is -2.23. The van der Waals surface area contributed by atoms with Crippen molar-refractivity contribution in [1.82, 2.24) is 14.4 Å². The van der Waals surface area contributed by atoms with Crippen molar-refractivity contribution in [2.45, 2.75) is 38.3 Å². The minimum atomic E-state index is -0.637. The van der Waals surface area contributed by atoms with Crippen LogP contribution in [0.3, 0.4) is 0 Å². The van der Waals surface area contributed by atoms with E-state index >= 15 is 0 Å². The minimum absolute atomic E-state index is 0.276. The van der Waals surface area contributed by atoms with Gasteiger partial charge in [0.15, 0.2) is 0 Å². The van der Waals surface area contributed by atoms with E-state index in [0.29, 0.717) is 24.5 Å². The first kappa shape index (κ1) is 14.4. The molecule has 0 N–H and O–H groups in total. The quantitative estimate of drug-likeness (QED) is 0.705. The molecule has 3 unspecified atom stereocenters. The zero-order valence-electron chi connectivity index (χ0n) is 13.2. The van der Waals surface area contributed by atoms with Gasteiger partial charge in [-0.15, -0.1) is 0 Å². The Morgan fingerprint density at radius 3 is 2.70 bits per heavy atom. The molecule has 1 aliphatic rings. The smallest absolute Gasteiger partial charge is 0.234 e. The van der Waals surface area contributed by atoms with Crippen LogP contribution in [0.25, 0.3) is 17.0 Å². The highest BCUT2D eigenvalue weighted by Gasteiger charge is 2.30. The topological polar surface area (TPSA) is 30.2 Å². The Kier molecular flexibility index (Phi) is 3.60. The number of imidazole rings is 1. The van der Waals surface area contributed by atoms with E-state index in [4.69, 9.17) is 4.98 Å². The summed E-state index contributed by atoms with van der Waals surface area (Å²) in [4.78, 5) is 9.37. The molecular weight excluding hydrogens is 289 g/mol. The molecule has 0 radical (unpaired) electrons. The van der Waals surface area contributed by atoms with E-state index in [1.165, 1.54) is 0 Å². The lowest BCUT2D eigenvalue weighted by Crippen LogP contribution is -2.09. The number of benzene rings is 1. The van der Waals surface area contributed by atoms with Gasteiger partial charge in [-0.05, 0) is 31.2 Å². The van der Waals surface area contributed by atoms with Crippen LogP contribution in [0.15, 0.2) is 48.8 Å². The average molecular weight is 309 g/mol. The van der Waals surface area contributed by atoms with Crippen molar-refractivity contribution in [1.29, 1.82) is 0 Å². The number of aromatic nitrogens is 3. The van der Waals surface area contributed by atoms with Gasteiger partial charge in [0.1, 0.15) is 6.17 Å². The molecule has 23 heavy (non-hydrogen) atoms. The maximum atomic E-state index is 13.5. The summed E-state index contributed by atoms with van der Waals surface area (Å²) in [6, 6.07) is 12.1. The summed E-state index contributed by atoms with van der Waals surface area (Å²) in [6.07, 6.45) is 5.69. The molecule has 2 aromatic heterocycles. The molecule has 3 aromatic rings. The monoisotopic (exact) mass is 309 g/mol. The molecule has 0 amide bonds. The fourth-order valence-corrected chi connectivity index (χ4v) is 3.54. The van der Waals surface area contributed by atoms with Crippen molar-refractivity contribution in [2.24, 2.45) is 5.92 Å². The van der Waals surface area contributed by atoms with Crippen molar-refractivity contribution < 1.29 is 4.39 Å². The summed E-state index contributed by atoms with van der Waals surface area (Å²) in [5.74, 6) is 1.38. The minimum Gasteiger partial charge on any atom is -0.291 e. The van der Waals surface area contributed by atoms with Crippen molar-refractivity contribution >= 4 is 5.78 Å². The summed E-state index contributed by atoms with van der Waals surface area (Å²) in [7, 11) is 0. The van der Waals surface area contributed by atoms with Gasteiger partial charge in [-0.3, -0.25) is 4.40 Å². The predicted molar refractivity (Wildman–Crippen MR) is 89.1 cm³/mol. The van der Waals surface area contributed by atoms with Gasteiger partial charge in [-0.2, -0.15) is 0 Å². The van der Waals surface area contributed by atoms with Gasteiger partial charge in [-0.25, -0.2) is 14.4 Å². The number of rotatable bonds is 3. The van der Waals surface area contributed by atoms with Gasteiger partial charge in [0.2, 0.25) is 5.78 Å². The van der Waals surface area contributed by atoms with E-state index in [1.54, 1.807) is 0 Å². The number of nitrogens with zero attached hydrogens (tertiary/aromatic N) is 3. The first-order valence-electron chi connectivity index (χ1n) is 8.26. The summed E-state index contributed by atoms with van der Waals surface area (Å²) in [5, 5.41) is 0. The van der Waals surface area contributed by atoms with Gasteiger partial charge in [0, 0.05) is 29.6 Å². The molecule has 3 atom stereocenters. The Balaban J connectivity index is 1.65. The number of hydrogen-bond acceptors (Lipinski definition) is 2. The third-order valence-electron chi connectivity index (χ3n) is 5.00. The van der Waals surface area contributed by atoms with Crippen LogP contribution < -0.4 is 0 Å². The molecule has 1 fully saturated rings. The molecule has 0 spiro atoms. The van der Waals surface area contributed by atoms with Crippen LogP contribution >= 0.6 is 0 Å². The number of alkyl halides is 1. The molecule has 1 saturated carbocycles. The highest BCUT2D eigenvalue weighted by atomic mass is 19.1. The molecule has 0 aliphatic heterocycles. The molecule has 2 heterocycles. The third-order valence-corrected chi connectivity index (χ3v) is 5.00. The third kappa shape index (κ3) is 2.74. The van der Waals surface area contributed by atoms with Crippen molar-refractivity contribution in [2.75, 3.05) is 0 Å². The Morgan fingerprint density at radius 2 is 1.96 bits per heavy atom. The van der Waals surface area contributed by atoms with Gasteiger partial charge < -0.3 is 0 Å². The van der Waals surface area contributed by atoms with E-state index < -0.39 is 6.17 Å². The van der Waals surface area contributed by atoms with Crippen LogP contribution in [-0.2, 0) is 0 Å². The molecule has 3 nitrogen and oxygen atoms in total. The molecule has 1 aliphatic carbocycles. The van der Waals surface area contributed by atoms with E-state index in [-0.39, 0.29) is 5.92 Å². The maximum absolute atomic E-state index is 13.5. The van der Waals surface area contributed by atoms with Crippen LogP contribution in [0.1, 0.15) is 37.8 Å². The van der Waals surface area contributed by atoms with Gasteiger partial charge in [0.25, 0.3) is 0 Å². The zero-order valence-corrected chi connectivity index (χ0v) is 13.2. The molecule has 4 rings (SSSR count).